The summed E-state index contributed by atoms with van der Waals surface area (Å²) in [5, 5.41) is 0. The highest BCUT2D eigenvalue weighted by Gasteiger charge is 2.57. The Morgan fingerprint density at radius 2 is 1.41 bits per heavy atom. The zero-order chi connectivity index (χ0) is 25.2. The Labute approximate surface area is 195 Å². The fourth-order valence-electron chi connectivity index (χ4n) is 3.93. The number of carbonyl (C=O) groups is 5. The van der Waals surface area contributed by atoms with Crippen LogP contribution in [-0.4, -0.2) is 71.9 Å². The molecule has 3 rings (SSSR count). The van der Waals surface area contributed by atoms with E-state index >= 15 is 0 Å². The lowest BCUT2D eigenvalue weighted by molar-refractivity contribution is -0.276. The molecule has 0 N–H and O–H groups in total. The zero-order valence-electron chi connectivity index (χ0n) is 19.1. The van der Waals surface area contributed by atoms with Crippen molar-refractivity contribution in [2.24, 2.45) is 0 Å². The van der Waals surface area contributed by atoms with E-state index in [2.05, 4.69) is 6.58 Å². The maximum Gasteiger partial charge on any atom is 0.303 e. The number of fused-ring (bicyclic) bond motifs is 1. The number of allylic oxidation sites excluding steroid dienone is 1. The molecule has 1 aromatic carbocycles. The summed E-state index contributed by atoms with van der Waals surface area (Å²) >= 11 is 0. The minimum absolute atomic E-state index is 0.147. The van der Waals surface area contributed by atoms with Crippen LogP contribution in [0.15, 0.2) is 36.6 Å². The third-order valence-corrected chi connectivity index (χ3v) is 5.11. The lowest BCUT2D eigenvalue weighted by Gasteiger charge is -2.46. The fourth-order valence-corrected chi connectivity index (χ4v) is 3.93. The number of ether oxygens (including phenoxy) is 5. The molecule has 11 nitrogen and oxygen atoms in total. The van der Waals surface area contributed by atoms with Crippen LogP contribution in [0.3, 0.4) is 0 Å². The smallest absolute Gasteiger partial charge is 0.303 e. The van der Waals surface area contributed by atoms with Gasteiger partial charge in [0.25, 0.3) is 11.8 Å². The Balaban J connectivity index is 2.11. The van der Waals surface area contributed by atoms with Crippen LogP contribution >= 0.6 is 0 Å². The fraction of sp³-hybridized carbons (Fsp3) is 0.435. The first-order chi connectivity index (χ1) is 16.0. The highest BCUT2D eigenvalue weighted by atomic mass is 16.7. The van der Waals surface area contributed by atoms with Gasteiger partial charge in [-0.1, -0.05) is 18.7 Å². The van der Waals surface area contributed by atoms with Crippen LogP contribution in [-0.2, 0) is 38.1 Å². The van der Waals surface area contributed by atoms with Crippen molar-refractivity contribution in [1.29, 1.82) is 0 Å². The third kappa shape index (κ3) is 5.09. The summed E-state index contributed by atoms with van der Waals surface area (Å²) in [6.45, 7) is 8.23. The van der Waals surface area contributed by atoms with Crippen molar-refractivity contribution in [2.75, 3.05) is 6.61 Å². The van der Waals surface area contributed by atoms with Crippen LogP contribution < -0.4 is 0 Å². The second kappa shape index (κ2) is 10.0. The minimum atomic E-state index is -1.40. The van der Waals surface area contributed by atoms with Gasteiger partial charge in [-0.15, -0.1) is 0 Å². The van der Waals surface area contributed by atoms with E-state index in [1.807, 2.05) is 0 Å². The molecule has 2 aliphatic rings. The molecule has 2 aliphatic heterocycles. The summed E-state index contributed by atoms with van der Waals surface area (Å²) in [6, 6.07) is 4.83. The SMILES string of the molecule is C=C(C)O[C@@H]1O[C@H](COC(C)=O)[C@@H](OC(C)=O)[C@H](OC(C)=O)[C@H]1N1C(=O)c2ccccc2C1=O. The summed E-state index contributed by atoms with van der Waals surface area (Å²) in [6.07, 6.45) is -5.26. The molecule has 2 amide bonds. The lowest BCUT2D eigenvalue weighted by atomic mass is 9.94. The normalized spacial score (nSPS) is 25.9. The van der Waals surface area contributed by atoms with Crippen LogP contribution in [0.5, 0.6) is 0 Å². The summed E-state index contributed by atoms with van der Waals surface area (Å²) in [4.78, 5) is 62.7. The van der Waals surface area contributed by atoms with E-state index in [1.165, 1.54) is 26.0 Å². The van der Waals surface area contributed by atoms with Gasteiger partial charge in [-0.2, -0.15) is 0 Å². The van der Waals surface area contributed by atoms with Gasteiger partial charge in [0.1, 0.15) is 18.8 Å². The van der Waals surface area contributed by atoms with Gasteiger partial charge >= 0.3 is 17.9 Å². The Morgan fingerprint density at radius 3 is 1.88 bits per heavy atom. The maximum absolute atomic E-state index is 13.2. The second-order valence-corrected chi connectivity index (χ2v) is 7.83. The molecule has 1 saturated heterocycles. The van der Waals surface area contributed by atoms with E-state index in [-0.39, 0.29) is 23.5 Å². The average Bonchev–Trinajstić information content (AvgIpc) is 2.98. The van der Waals surface area contributed by atoms with Gasteiger partial charge in [-0.05, 0) is 19.1 Å². The first-order valence-corrected chi connectivity index (χ1v) is 10.4. The molecule has 0 saturated carbocycles. The molecule has 34 heavy (non-hydrogen) atoms. The Hall–Kier alpha value is -3.73. The van der Waals surface area contributed by atoms with E-state index in [0.717, 1.165) is 18.7 Å². The van der Waals surface area contributed by atoms with Gasteiger partial charge in [0.15, 0.2) is 12.2 Å². The summed E-state index contributed by atoms with van der Waals surface area (Å²) in [7, 11) is 0. The number of benzene rings is 1. The van der Waals surface area contributed by atoms with Crippen LogP contribution in [0.25, 0.3) is 0 Å². The second-order valence-electron chi connectivity index (χ2n) is 7.83. The maximum atomic E-state index is 13.2. The molecule has 0 bridgehead atoms. The molecule has 1 fully saturated rings. The number of carbonyl (C=O) groups excluding carboxylic acids is 5. The molecular weight excluding hydrogens is 450 g/mol. The molecule has 0 unspecified atom stereocenters. The van der Waals surface area contributed by atoms with Gasteiger partial charge in [0.2, 0.25) is 6.29 Å². The van der Waals surface area contributed by atoms with Crippen molar-refractivity contribution in [3.8, 4) is 0 Å². The first-order valence-electron chi connectivity index (χ1n) is 10.4. The van der Waals surface area contributed by atoms with Gasteiger partial charge in [-0.25, -0.2) is 0 Å². The van der Waals surface area contributed by atoms with Crippen molar-refractivity contribution in [2.45, 2.75) is 58.3 Å². The molecule has 0 radical (unpaired) electrons. The molecule has 2 heterocycles. The standard InChI is InChI=1S/C23H25NO10/c1-11(2)31-23-18(24-21(28)15-8-6-7-9-16(15)22(24)29)20(33-14(5)27)19(32-13(4)26)17(34-23)10-30-12(3)25/h6-9,17-20,23H,1,10H2,2-5H3/t17-,18-,19-,20-,23-/m1/s1. The van der Waals surface area contributed by atoms with Crippen LogP contribution in [0.1, 0.15) is 48.4 Å². The largest absolute Gasteiger partial charge is 0.468 e. The van der Waals surface area contributed by atoms with E-state index in [0.29, 0.717) is 0 Å². The van der Waals surface area contributed by atoms with E-state index in [4.69, 9.17) is 23.7 Å². The molecule has 5 atom stereocenters. The minimum Gasteiger partial charge on any atom is -0.468 e. The lowest BCUT2D eigenvalue weighted by Crippen LogP contribution is -2.67. The van der Waals surface area contributed by atoms with E-state index < -0.39 is 60.4 Å². The monoisotopic (exact) mass is 475 g/mol. The van der Waals surface area contributed by atoms with Crippen molar-refractivity contribution >= 4 is 29.7 Å². The van der Waals surface area contributed by atoms with Gasteiger partial charge < -0.3 is 23.7 Å². The van der Waals surface area contributed by atoms with Crippen molar-refractivity contribution in [3.05, 3.63) is 47.7 Å². The molecule has 1 aromatic rings. The number of hydrogen-bond acceptors (Lipinski definition) is 10. The number of nitrogens with zero attached hydrogens (tertiary/aromatic N) is 1. The highest BCUT2D eigenvalue weighted by molar-refractivity contribution is 6.21. The first kappa shape index (κ1) is 24.9. The number of hydrogen-bond donors (Lipinski definition) is 0. The van der Waals surface area contributed by atoms with Gasteiger partial charge in [0, 0.05) is 20.8 Å². The third-order valence-electron chi connectivity index (χ3n) is 5.11. The Morgan fingerprint density at radius 1 is 0.882 bits per heavy atom. The zero-order valence-corrected chi connectivity index (χ0v) is 19.1. The molecular formula is C23H25NO10. The number of imide groups is 1. The van der Waals surface area contributed by atoms with Crippen molar-refractivity contribution < 1.29 is 47.7 Å². The van der Waals surface area contributed by atoms with Crippen LogP contribution in [0.2, 0.25) is 0 Å². The predicted molar refractivity (Wildman–Crippen MR) is 113 cm³/mol. The van der Waals surface area contributed by atoms with E-state index in [9.17, 15) is 24.0 Å². The summed E-state index contributed by atoms with van der Waals surface area (Å²) < 4.78 is 27.5. The number of esters is 3. The Bertz CT molecular complexity index is 999. The van der Waals surface area contributed by atoms with Gasteiger partial charge in [0.05, 0.1) is 16.9 Å². The highest BCUT2D eigenvalue weighted by Crippen LogP contribution is 2.36. The van der Waals surface area contributed by atoms with Crippen LogP contribution in [0.4, 0.5) is 0 Å². The molecule has 0 aliphatic carbocycles. The number of rotatable bonds is 7. The van der Waals surface area contributed by atoms with Crippen molar-refractivity contribution in [1.82, 2.24) is 4.90 Å². The van der Waals surface area contributed by atoms with Gasteiger partial charge in [-0.3, -0.25) is 28.9 Å². The topological polar surface area (TPSA) is 135 Å². The summed E-state index contributed by atoms with van der Waals surface area (Å²) in [5.41, 5.74) is 0.295. The molecule has 182 valence electrons. The summed E-state index contributed by atoms with van der Waals surface area (Å²) in [5.74, 6) is -3.31. The van der Waals surface area contributed by atoms with E-state index in [1.54, 1.807) is 12.1 Å². The molecule has 0 spiro atoms. The average molecular weight is 475 g/mol. The molecule has 0 aromatic heterocycles. The number of amides is 2. The Kier molecular flexibility index (Phi) is 7.35. The quantitative estimate of drug-likeness (QED) is 0.246. The molecule has 11 heteroatoms. The predicted octanol–water partition coefficient (Wildman–Crippen LogP) is 1.35. The van der Waals surface area contributed by atoms with Crippen LogP contribution in [0, 0.1) is 0 Å². The van der Waals surface area contributed by atoms with Crippen molar-refractivity contribution in [3.63, 3.8) is 0 Å².